The quantitative estimate of drug-likeness (QED) is 0.809. The van der Waals surface area contributed by atoms with Crippen molar-refractivity contribution in [1.29, 1.82) is 0 Å². The topological polar surface area (TPSA) is 78.9 Å². The molecule has 1 aliphatic rings. The maximum atomic E-state index is 12.4. The second-order valence-corrected chi connectivity index (χ2v) is 7.25. The predicted octanol–water partition coefficient (Wildman–Crippen LogP) is 0.771. The van der Waals surface area contributed by atoms with E-state index in [1.54, 1.807) is 42.5 Å². The lowest BCUT2D eigenvalue weighted by molar-refractivity contribution is 0.275. The van der Waals surface area contributed by atoms with Crippen LogP contribution in [0.5, 0.6) is 0 Å². The summed E-state index contributed by atoms with van der Waals surface area (Å²) in [6.07, 6.45) is 0. The average Bonchev–Trinajstić information content (AvgIpc) is 2.88. The van der Waals surface area contributed by atoms with Crippen molar-refractivity contribution in [3.05, 3.63) is 48.0 Å². The van der Waals surface area contributed by atoms with E-state index < -0.39 is 17.1 Å². The molecule has 23 heavy (non-hydrogen) atoms. The maximum Gasteiger partial charge on any atom is 0.491 e. The molecule has 1 aliphatic heterocycles. The van der Waals surface area contributed by atoms with Crippen LogP contribution >= 0.6 is 0 Å². The lowest BCUT2D eigenvalue weighted by Crippen LogP contribution is -2.28. The summed E-state index contributed by atoms with van der Waals surface area (Å²) in [5.41, 5.74) is 2.76. The molecule has 0 bridgehead atoms. The Bertz CT molecular complexity index is 822. The van der Waals surface area contributed by atoms with Crippen LogP contribution in [0, 0.1) is 0 Å². The highest BCUT2D eigenvalue weighted by molar-refractivity contribution is 7.92. The van der Waals surface area contributed by atoms with Gasteiger partial charge in [0, 0.05) is 25.5 Å². The Kier molecular flexibility index (Phi) is 4.05. The molecule has 1 heterocycles. The van der Waals surface area contributed by atoms with Crippen molar-refractivity contribution in [2.24, 2.45) is 0 Å². The molecule has 3 rings (SSSR count). The molecule has 0 spiro atoms. The predicted molar refractivity (Wildman–Crippen MR) is 90.4 cm³/mol. The number of sulfonamides is 1. The van der Waals surface area contributed by atoms with Gasteiger partial charge in [-0.2, -0.15) is 0 Å². The highest BCUT2D eigenvalue weighted by Gasteiger charge is 2.27. The summed E-state index contributed by atoms with van der Waals surface area (Å²) in [5, 5.41) is 9.70. The molecular weight excluding hydrogens is 315 g/mol. The van der Waals surface area contributed by atoms with Gasteiger partial charge < -0.3 is 14.6 Å². The van der Waals surface area contributed by atoms with Gasteiger partial charge in [0.1, 0.15) is 0 Å². The van der Waals surface area contributed by atoms with Crippen LogP contribution in [-0.4, -0.2) is 34.7 Å². The molecule has 2 N–H and O–H groups in total. The van der Waals surface area contributed by atoms with E-state index in [4.69, 9.17) is 4.65 Å². The van der Waals surface area contributed by atoms with Crippen LogP contribution in [0.1, 0.15) is 5.56 Å². The third-order valence-corrected chi connectivity index (χ3v) is 5.12. The van der Waals surface area contributed by atoms with E-state index in [0.717, 1.165) is 11.3 Å². The molecule has 0 unspecified atom stereocenters. The Morgan fingerprint density at radius 2 is 1.87 bits per heavy atom. The number of anilines is 2. The first kappa shape index (κ1) is 15.9. The molecule has 120 valence electrons. The van der Waals surface area contributed by atoms with Gasteiger partial charge in [0.2, 0.25) is 0 Å². The highest BCUT2D eigenvalue weighted by atomic mass is 32.2. The molecule has 0 atom stereocenters. The van der Waals surface area contributed by atoms with Gasteiger partial charge in [-0.15, -0.1) is 0 Å². The highest BCUT2D eigenvalue weighted by Crippen LogP contribution is 2.20. The lowest BCUT2D eigenvalue weighted by atomic mass is 9.79. The zero-order valence-electron chi connectivity index (χ0n) is 12.9. The number of rotatable bonds is 4. The van der Waals surface area contributed by atoms with Crippen LogP contribution in [0.15, 0.2) is 47.4 Å². The summed E-state index contributed by atoms with van der Waals surface area (Å²) in [4.78, 5) is 2.08. The molecule has 8 heteroatoms. The summed E-state index contributed by atoms with van der Waals surface area (Å²) >= 11 is 0. The van der Waals surface area contributed by atoms with Gasteiger partial charge in [0.05, 0.1) is 11.5 Å². The number of nitrogens with one attached hydrogen (secondary N) is 1. The largest absolute Gasteiger partial charge is 0.491 e. The molecule has 0 aromatic heterocycles. The molecule has 2 aromatic rings. The van der Waals surface area contributed by atoms with E-state index in [1.165, 1.54) is 0 Å². The molecule has 0 radical (unpaired) electrons. The van der Waals surface area contributed by atoms with Crippen LogP contribution in [0.25, 0.3) is 0 Å². The first-order valence-corrected chi connectivity index (χ1v) is 8.58. The van der Waals surface area contributed by atoms with E-state index in [-0.39, 0.29) is 4.90 Å². The number of fused-ring (bicyclic) bond motifs is 1. The second kappa shape index (κ2) is 5.88. The van der Waals surface area contributed by atoms with Crippen molar-refractivity contribution in [2.45, 2.75) is 11.5 Å². The number of nitrogens with zero attached hydrogens (tertiary/aromatic N) is 1. The monoisotopic (exact) mass is 332 g/mol. The second-order valence-electron chi connectivity index (χ2n) is 5.57. The normalized spacial score (nSPS) is 13.8. The van der Waals surface area contributed by atoms with Gasteiger partial charge >= 0.3 is 7.12 Å². The Labute approximate surface area is 135 Å². The van der Waals surface area contributed by atoms with E-state index in [1.807, 2.05) is 19.0 Å². The summed E-state index contributed by atoms with van der Waals surface area (Å²) in [7, 11) is -0.910. The minimum atomic E-state index is -3.68. The molecule has 0 fully saturated rings. The standard InChI is InChI=1S/C15H17BN2O4S/c1-18(2)13-5-7-14(8-6-13)23(20,21)17-12-4-3-11-10-22-16(19)15(11)9-12/h3-9,17,19H,10H2,1-2H3. The molecule has 0 aliphatic carbocycles. The zero-order chi connectivity index (χ0) is 16.6. The van der Waals surface area contributed by atoms with Gasteiger partial charge in [0.25, 0.3) is 10.0 Å². The summed E-state index contributed by atoms with van der Waals surface area (Å²) in [5.74, 6) is 0. The van der Waals surface area contributed by atoms with Crippen molar-refractivity contribution in [1.82, 2.24) is 0 Å². The lowest BCUT2D eigenvalue weighted by Gasteiger charge is -2.13. The molecule has 0 saturated heterocycles. The van der Waals surface area contributed by atoms with E-state index in [0.29, 0.717) is 17.8 Å². The fraction of sp³-hybridized carbons (Fsp3) is 0.200. The van der Waals surface area contributed by atoms with Crippen LogP contribution in [-0.2, 0) is 21.3 Å². The first-order chi connectivity index (χ1) is 10.9. The first-order valence-electron chi connectivity index (χ1n) is 7.09. The van der Waals surface area contributed by atoms with Crippen LogP contribution in [0.4, 0.5) is 11.4 Å². The number of hydrogen-bond acceptors (Lipinski definition) is 5. The van der Waals surface area contributed by atoms with Crippen molar-refractivity contribution >= 4 is 34.0 Å². The molecule has 2 aromatic carbocycles. The zero-order valence-corrected chi connectivity index (χ0v) is 13.7. The maximum absolute atomic E-state index is 12.4. The third kappa shape index (κ3) is 3.19. The van der Waals surface area contributed by atoms with Crippen molar-refractivity contribution in [3.8, 4) is 0 Å². The van der Waals surface area contributed by atoms with Gasteiger partial charge in [-0.3, -0.25) is 4.72 Å². The van der Waals surface area contributed by atoms with Crippen LogP contribution in [0.3, 0.4) is 0 Å². The van der Waals surface area contributed by atoms with Crippen molar-refractivity contribution in [2.75, 3.05) is 23.7 Å². The van der Waals surface area contributed by atoms with Gasteiger partial charge in [-0.25, -0.2) is 8.42 Å². The van der Waals surface area contributed by atoms with Gasteiger partial charge in [0.15, 0.2) is 0 Å². The summed E-state index contributed by atoms with van der Waals surface area (Å²) in [6.45, 7) is 0.329. The Morgan fingerprint density at radius 3 is 2.52 bits per heavy atom. The SMILES string of the molecule is CN(C)c1ccc(S(=O)(=O)Nc2ccc3c(c2)B(O)OC3)cc1. The summed E-state index contributed by atoms with van der Waals surface area (Å²) in [6, 6.07) is 11.6. The van der Waals surface area contributed by atoms with Crippen LogP contribution < -0.4 is 15.1 Å². The van der Waals surface area contributed by atoms with Crippen LogP contribution in [0.2, 0.25) is 0 Å². The molecule has 0 saturated carbocycles. The molecular formula is C15H17BN2O4S. The van der Waals surface area contributed by atoms with Crippen molar-refractivity contribution < 1.29 is 18.1 Å². The minimum absolute atomic E-state index is 0.181. The average molecular weight is 332 g/mol. The van der Waals surface area contributed by atoms with E-state index in [9.17, 15) is 13.4 Å². The van der Waals surface area contributed by atoms with Crippen molar-refractivity contribution in [3.63, 3.8) is 0 Å². The Hall–Kier alpha value is -2.03. The third-order valence-electron chi connectivity index (χ3n) is 3.72. The fourth-order valence-corrected chi connectivity index (χ4v) is 3.47. The fourth-order valence-electron chi connectivity index (χ4n) is 2.42. The molecule has 6 nitrogen and oxygen atoms in total. The van der Waals surface area contributed by atoms with Gasteiger partial charge in [-0.1, -0.05) is 6.07 Å². The number of benzene rings is 2. The Morgan fingerprint density at radius 1 is 1.17 bits per heavy atom. The summed E-state index contributed by atoms with van der Waals surface area (Å²) < 4.78 is 32.5. The minimum Gasteiger partial charge on any atom is -0.423 e. The smallest absolute Gasteiger partial charge is 0.423 e. The number of hydrogen-bond donors (Lipinski definition) is 2. The van der Waals surface area contributed by atoms with E-state index in [2.05, 4.69) is 4.72 Å². The Balaban J connectivity index is 1.85. The van der Waals surface area contributed by atoms with Gasteiger partial charge in [-0.05, 0) is 47.4 Å². The molecule has 0 amide bonds. The van der Waals surface area contributed by atoms with E-state index >= 15 is 0 Å².